The predicted molar refractivity (Wildman–Crippen MR) is 93.6 cm³/mol. The topological polar surface area (TPSA) is 114 Å². The van der Waals surface area contributed by atoms with E-state index in [-0.39, 0.29) is 13.0 Å². The van der Waals surface area contributed by atoms with Crippen molar-refractivity contribution in [2.45, 2.75) is 12.5 Å². The molecule has 2 N–H and O–H groups in total. The molecule has 3 rings (SSSR count). The molecule has 0 aliphatic heterocycles. The van der Waals surface area contributed by atoms with Gasteiger partial charge in [-0.05, 0) is 17.7 Å². The van der Waals surface area contributed by atoms with Gasteiger partial charge in [0.05, 0.1) is 11.8 Å². The molecule has 8 heteroatoms. The molecule has 0 unspecified atom stereocenters. The first-order valence-electron chi connectivity index (χ1n) is 7.96. The number of fused-ring (bicyclic) bond motifs is 1. The van der Waals surface area contributed by atoms with Gasteiger partial charge in [0.25, 0.3) is 5.56 Å². The van der Waals surface area contributed by atoms with Gasteiger partial charge in [0, 0.05) is 6.54 Å². The highest BCUT2D eigenvalue weighted by Crippen LogP contribution is 2.17. The van der Waals surface area contributed by atoms with Crippen molar-refractivity contribution in [1.29, 1.82) is 0 Å². The zero-order chi connectivity index (χ0) is 18.5. The maximum Gasteiger partial charge on any atom is 0.305 e. The van der Waals surface area contributed by atoms with E-state index in [0.717, 1.165) is 4.68 Å². The highest BCUT2D eigenvalue weighted by atomic mass is 16.4. The first kappa shape index (κ1) is 17.3. The third kappa shape index (κ3) is 3.59. The van der Waals surface area contributed by atoms with Crippen molar-refractivity contribution in [3.05, 3.63) is 70.5 Å². The monoisotopic (exact) mass is 352 g/mol. The highest BCUT2D eigenvalue weighted by Gasteiger charge is 2.25. The number of hydrogen-bond acceptors (Lipinski definition) is 5. The molecule has 26 heavy (non-hydrogen) atoms. The SMILES string of the molecule is O=C(O)CCNC(=O)[C@H](c1ccccc1)n1nnc2ccccc2c1=O. The Morgan fingerprint density at radius 2 is 1.77 bits per heavy atom. The number of carboxylic acid groups (broad SMARTS) is 1. The van der Waals surface area contributed by atoms with E-state index in [1.165, 1.54) is 0 Å². The number of aliphatic carboxylic acids is 1. The van der Waals surface area contributed by atoms with E-state index in [2.05, 4.69) is 15.6 Å². The van der Waals surface area contributed by atoms with E-state index < -0.39 is 23.5 Å². The minimum atomic E-state index is -1.05. The first-order valence-corrected chi connectivity index (χ1v) is 7.96. The molecule has 0 aliphatic carbocycles. The summed E-state index contributed by atoms with van der Waals surface area (Å²) in [6.45, 7) is -0.0484. The van der Waals surface area contributed by atoms with Crippen LogP contribution < -0.4 is 10.9 Å². The molecule has 1 amide bonds. The van der Waals surface area contributed by atoms with Crippen LogP contribution in [0.4, 0.5) is 0 Å². The summed E-state index contributed by atoms with van der Waals surface area (Å²) in [4.78, 5) is 36.2. The third-order valence-electron chi connectivity index (χ3n) is 3.84. The van der Waals surface area contributed by atoms with Gasteiger partial charge < -0.3 is 10.4 Å². The quantitative estimate of drug-likeness (QED) is 0.683. The second-order valence-corrected chi connectivity index (χ2v) is 5.60. The van der Waals surface area contributed by atoms with Crippen molar-refractivity contribution < 1.29 is 14.7 Å². The molecule has 0 aliphatic rings. The maximum atomic E-state index is 12.8. The molecule has 1 aromatic heterocycles. The van der Waals surface area contributed by atoms with E-state index in [0.29, 0.717) is 16.5 Å². The van der Waals surface area contributed by atoms with Crippen LogP contribution in [0.2, 0.25) is 0 Å². The molecule has 0 spiro atoms. The fourth-order valence-electron chi connectivity index (χ4n) is 2.60. The van der Waals surface area contributed by atoms with Crippen LogP contribution in [0.5, 0.6) is 0 Å². The Morgan fingerprint density at radius 1 is 1.08 bits per heavy atom. The number of benzene rings is 2. The summed E-state index contributed by atoms with van der Waals surface area (Å²) in [6, 6.07) is 14.4. The molecular weight excluding hydrogens is 336 g/mol. The van der Waals surface area contributed by atoms with Crippen molar-refractivity contribution in [2.24, 2.45) is 0 Å². The summed E-state index contributed by atoms with van der Waals surface area (Å²) in [6.07, 6.45) is -0.217. The summed E-state index contributed by atoms with van der Waals surface area (Å²) in [5, 5.41) is 19.6. The van der Waals surface area contributed by atoms with Crippen molar-refractivity contribution in [3.63, 3.8) is 0 Å². The molecule has 132 valence electrons. The maximum absolute atomic E-state index is 12.8. The predicted octanol–water partition coefficient (Wildman–Crippen LogP) is 0.972. The largest absolute Gasteiger partial charge is 0.481 e. The number of aromatic nitrogens is 3. The number of carbonyl (C=O) groups is 2. The van der Waals surface area contributed by atoms with Crippen LogP contribution in [0.3, 0.4) is 0 Å². The Hall–Kier alpha value is -3.55. The van der Waals surface area contributed by atoms with Crippen LogP contribution >= 0.6 is 0 Å². The number of nitrogens with one attached hydrogen (secondary N) is 1. The lowest BCUT2D eigenvalue weighted by Crippen LogP contribution is -2.40. The van der Waals surface area contributed by atoms with Gasteiger partial charge >= 0.3 is 5.97 Å². The Morgan fingerprint density at radius 3 is 2.50 bits per heavy atom. The van der Waals surface area contributed by atoms with Gasteiger partial charge in [-0.2, -0.15) is 4.68 Å². The van der Waals surface area contributed by atoms with Gasteiger partial charge in [-0.25, -0.2) is 0 Å². The molecule has 1 atom stereocenters. The molecule has 1 heterocycles. The van der Waals surface area contributed by atoms with Crippen LogP contribution in [-0.2, 0) is 9.59 Å². The summed E-state index contributed by atoms with van der Waals surface area (Å²) < 4.78 is 1.02. The van der Waals surface area contributed by atoms with Crippen LogP contribution in [0, 0.1) is 0 Å². The van der Waals surface area contributed by atoms with Gasteiger partial charge in [0.15, 0.2) is 6.04 Å². The molecule has 0 bridgehead atoms. The lowest BCUT2D eigenvalue weighted by Gasteiger charge is -2.18. The number of hydrogen-bond donors (Lipinski definition) is 2. The van der Waals surface area contributed by atoms with Crippen LogP contribution in [0.1, 0.15) is 18.0 Å². The Balaban J connectivity index is 2.04. The van der Waals surface area contributed by atoms with E-state index in [9.17, 15) is 14.4 Å². The number of carboxylic acids is 1. The molecule has 0 fully saturated rings. The standard InChI is InChI=1S/C18H16N4O4/c23-15(24)10-11-19-17(25)16(12-6-2-1-3-7-12)22-18(26)13-8-4-5-9-14(13)20-21-22/h1-9,16H,10-11H2,(H,19,25)(H,23,24)/t16-/m0/s1. The second-order valence-electron chi connectivity index (χ2n) is 5.60. The normalized spacial score (nSPS) is 11.8. The smallest absolute Gasteiger partial charge is 0.305 e. The van der Waals surface area contributed by atoms with Gasteiger partial charge in [-0.3, -0.25) is 14.4 Å². The van der Waals surface area contributed by atoms with E-state index in [1.807, 2.05) is 0 Å². The van der Waals surface area contributed by atoms with E-state index >= 15 is 0 Å². The van der Waals surface area contributed by atoms with Crippen LogP contribution in [0.25, 0.3) is 10.9 Å². The number of amides is 1. The van der Waals surface area contributed by atoms with Crippen molar-refractivity contribution >= 4 is 22.8 Å². The summed E-state index contributed by atoms with van der Waals surface area (Å²) in [5.74, 6) is -1.55. The fourth-order valence-corrected chi connectivity index (χ4v) is 2.60. The van der Waals surface area contributed by atoms with E-state index in [1.54, 1.807) is 54.6 Å². The lowest BCUT2D eigenvalue weighted by molar-refractivity contribution is -0.137. The molecule has 0 saturated carbocycles. The number of rotatable bonds is 6. The van der Waals surface area contributed by atoms with Gasteiger partial charge in [0.1, 0.15) is 5.52 Å². The fraction of sp³-hybridized carbons (Fsp3) is 0.167. The second kappa shape index (κ2) is 7.56. The Kier molecular flexibility index (Phi) is 5.02. The molecule has 2 aromatic carbocycles. The molecule has 0 saturated heterocycles. The number of nitrogens with zero attached hydrogens (tertiary/aromatic N) is 3. The van der Waals surface area contributed by atoms with Crippen molar-refractivity contribution in [1.82, 2.24) is 20.3 Å². The molecular formula is C18H16N4O4. The molecule has 0 radical (unpaired) electrons. The zero-order valence-electron chi connectivity index (χ0n) is 13.7. The number of carbonyl (C=O) groups excluding carboxylic acids is 1. The average Bonchev–Trinajstić information content (AvgIpc) is 2.65. The van der Waals surface area contributed by atoms with Gasteiger partial charge in [-0.1, -0.05) is 47.7 Å². The van der Waals surface area contributed by atoms with Crippen LogP contribution in [0.15, 0.2) is 59.4 Å². The van der Waals surface area contributed by atoms with Crippen molar-refractivity contribution in [3.8, 4) is 0 Å². The van der Waals surface area contributed by atoms with Crippen LogP contribution in [-0.4, -0.2) is 38.5 Å². The first-order chi connectivity index (χ1) is 12.6. The lowest BCUT2D eigenvalue weighted by atomic mass is 10.1. The summed E-state index contributed by atoms with van der Waals surface area (Å²) in [5.41, 5.74) is 0.539. The Labute approximate surface area is 148 Å². The minimum absolute atomic E-state index is 0.0484. The highest BCUT2D eigenvalue weighted by molar-refractivity contribution is 5.84. The zero-order valence-corrected chi connectivity index (χ0v) is 13.7. The van der Waals surface area contributed by atoms with Gasteiger partial charge in [0.2, 0.25) is 5.91 Å². The summed E-state index contributed by atoms with van der Waals surface area (Å²) in [7, 11) is 0. The third-order valence-corrected chi connectivity index (χ3v) is 3.84. The van der Waals surface area contributed by atoms with E-state index in [4.69, 9.17) is 5.11 Å². The average molecular weight is 352 g/mol. The molecule has 3 aromatic rings. The van der Waals surface area contributed by atoms with Gasteiger partial charge in [-0.15, -0.1) is 5.10 Å². The Bertz CT molecular complexity index is 1000. The van der Waals surface area contributed by atoms with Crippen molar-refractivity contribution in [2.75, 3.05) is 6.54 Å². The minimum Gasteiger partial charge on any atom is -0.481 e. The molecule has 8 nitrogen and oxygen atoms in total. The summed E-state index contributed by atoms with van der Waals surface area (Å²) >= 11 is 0.